The third-order valence-electron chi connectivity index (χ3n) is 2.16. The minimum Gasteiger partial charge on any atom is -0.382 e. The van der Waals surface area contributed by atoms with Gasteiger partial charge in [0.1, 0.15) is 0 Å². The van der Waals surface area contributed by atoms with Gasteiger partial charge in [-0.05, 0) is 18.6 Å². The molecule has 1 aromatic heterocycles. The molecule has 0 aliphatic heterocycles. The van der Waals surface area contributed by atoms with Crippen LogP contribution in [0.2, 0.25) is 5.15 Å². The predicted molar refractivity (Wildman–Crippen MR) is 61.6 cm³/mol. The van der Waals surface area contributed by atoms with E-state index in [0.29, 0.717) is 11.0 Å². The summed E-state index contributed by atoms with van der Waals surface area (Å²) in [6.45, 7) is 2.03. The van der Waals surface area contributed by atoms with Gasteiger partial charge in [0.15, 0.2) is 11.0 Å². The van der Waals surface area contributed by atoms with Gasteiger partial charge >= 0.3 is 0 Å². The van der Waals surface area contributed by atoms with Crippen molar-refractivity contribution in [2.24, 2.45) is 0 Å². The number of aromatic nitrogens is 2. The molecule has 2 rings (SSSR count). The fraction of sp³-hybridized carbons (Fsp3) is 0.0909. The number of hydrogen-bond donors (Lipinski definition) is 1. The Morgan fingerprint density at radius 3 is 2.47 bits per heavy atom. The van der Waals surface area contributed by atoms with E-state index in [1.165, 1.54) is 5.56 Å². The number of anilines is 1. The summed E-state index contributed by atoms with van der Waals surface area (Å²) in [6, 6.07) is 9.72. The van der Waals surface area contributed by atoms with E-state index in [9.17, 15) is 0 Å². The number of rotatable bonds is 1. The molecule has 0 unspecified atom stereocenters. The van der Waals surface area contributed by atoms with Crippen LogP contribution in [-0.2, 0) is 0 Å². The largest absolute Gasteiger partial charge is 0.382 e. The Bertz CT molecular complexity index is 480. The first kappa shape index (κ1) is 9.93. The van der Waals surface area contributed by atoms with Crippen LogP contribution in [0.3, 0.4) is 0 Å². The maximum absolute atomic E-state index is 5.77. The van der Waals surface area contributed by atoms with Crippen molar-refractivity contribution in [3.8, 4) is 11.1 Å². The summed E-state index contributed by atoms with van der Waals surface area (Å²) in [5, 5.41) is 7.79. The highest BCUT2D eigenvalue weighted by molar-refractivity contribution is 6.29. The van der Waals surface area contributed by atoms with Crippen molar-refractivity contribution < 1.29 is 0 Å². The van der Waals surface area contributed by atoms with Gasteiger partial charge in [-0.3, -0.25) is 0 Å². The molecule has 0 bridgehead atoms. The van der Waals surface area contributed by atoms with E-state index in [1.54, 1.807) is 6.07 Å². The molecular formula is C11H10ClN3. The van der Waals surface area contributed by atoms with Gasteiger partial charge in [0, 0.05) is 5.56 Å². The Labute approximate surface area is 92.9 Å². The molecule has 0 saturated carbocycles. The molecule has 3 nitrogen and oxygen atoms in total. The van der Waals surface area contributed by atoms with Gasteiger partial charge in [0.25, 0.3) is 0 Å². The van der Waals surface area contributed by atoms with E-state index in [4.69, 9.17) is 17.3 Å². The van der Waals surface area contributed by atoms with E-state index >= 15 is 0 Å². The molecule has 76 valence electrons. The van der Waals surface area contributed by atoms with Crippen LogP contribution >= 0.6 is 11.6 Å². The van der Waals surface area contributed by atoms with E-state index in [0.717, 1.165) is 11.1 Å². The first-order valence-corrected chi connectivity index (χ1v) is 4.90. The summed E-state index contributed by atoms with van der Waals surface area (Å²) >= 11 is 5.77. The van der Waals surface area contributed by atoms with Crippen LogP contribution in [0, 0.1) is 6.92 Å². The van der Waals surface area contributed by atoms with Gasteiger partial charge in [-0.1, -0.05) is 41.4 Å². The molecule has 4 heteroatoms. The zero-order valence-electron chi connectivity index (χ0n) is 8.24. The summed E-state index contributed by atoms with van der Waals surface area (Å²) in [7, 11) is 0. The molecule has 15 heavy (non-hydrogen) atoms. The SMILES string of the molecule is Cc1ccc(-c2cc(Cl)nnc2N)cc1. The van der Waals surface area contributed by atoms with Crippen molar-refractivity contribution in [2.45, 2.75) is 6.92 Å². The molecule has 0 aliphatic rings. The summed E-state index contributed by atoms with van der Waals surface area (Å²) in [4.78, 5) is 0. The second-order valence-corrected chi connectivity index (χ2v) is 3.72. The topological polar surface area (TPSA) is 51.8 Å². The Morgan fingerprint density at radius 2 is 1.80 bits per heavy atom. The number of aryl methyl sites for hydroxylation is 1. The van der Waals surface area contributed by atoms with Gasteiger partial charge < -0.3 is 5.73 Å². The standard InChI is InChI=1S/C11H10ClN3/c1-7-2-4-8(5-3-7)9-6-10(12)14-15-11(9)13/h2-6H,1H3,(H2,13,15). The van der Waals surface area contributed by atoms with Crippen LogP contribution in [-0.4, -0.2) is 10.2 Å². The lowest BCUT2D eigenvalue weighted by molar-refractivity contribution is 1.04. The van der Waals surface area contributed by atoms with Gasteiger partial charge in [-0.2, -0.15) is 0 Å². The van der Waals surface area contributed by atoms with Crippen molar-refractivity contribution in [1.29, 1.82) is 0 Å². The van der Waals surface area contributed by atoms with E-state index in [-0.39, 0.29) is 0 Å². The van der Waals surface area contributed by atoms with E-state index in [1.807, 2.05) is 31.2 Å². The van der Waals surface area contributed by atoms with Crippen LogP contribution in [0.15, 0.2) is 30.3 Å². The average Bonchev–Trinajstić information content (AvgIpc) is 2.23. The number of nitrogen functional groups attached to an aromatic ring is 1. The van der Waals surface area contributed by atoms with Crippen LogP contribution in [0.5, 0.6) is 0 Å². The van der Waals surface area contributed by atoms with Gasteiger partial charge in [0.05, 0.1) is 0 Å². The highest BCUT2D eigenvalue weighted by Gasteiger charge is 2.05. The predicted octanol–water partition coefficient (Wildman–Crippen LogP) is 2.69. The number of nitrogens with two attached hydrogens (primary N) is 1. The summed E-state index contributed by atoms with van der Waals surface area (Å²) in [5.74, 6) is 0.392. The molecule has 0 atom stereocenters. The third-order valence-corrected chi connectivity index (χ3v) is 2.34. The number of benzene rings is 1. The normalized spacial score (nSPS) is 10.3. The number of halogens is 1. The molecular weight excluding hydrogens is 210 g/mol. The van der Waals surface area contributed by atoms with Crippen LogP contribution < -0.4 is 5.73 Å². The second-order valence-electron chi connectivity index (χ2n) is 3.33. The maximum Gasteiger partial charge on any atom is 0.154 e. The Kier molecular flexibility index (Phi) is 2.56. The lowest BCUT2D eigenvalue weighted by Crippen LogP contribution is -1.96. The van der Waals surface area contributed by atoms with Crippen LogP contribution in [0.25, 0.3) is 11.1 Å². The smallest absolute Gasteiger partial charge is 0.154 e. The fourth-order valence-corrected chi connectivity index (χ4v) is 1.49. The van der Waals surface area contributed by atoms with Gasteiger partial charge in [-0.15, -0.1) is 10.2 Å². The molecule has 0 saturated heterocycles. The van der Waals surface area contributed by atoms with Crippen molar-refractivity contribution >= 4 is 17.4 Å². The zero-order valence-corrected chi connectivity index (χ0v) is 8.99. The monoisotopic (exact) mass is 219 g/mol. The zero-order chi connectivity index (χ0) is 10.8. The molecule has 0 fully saturated rings. The lowest BCUT2D eigenvalue weighted by atomic mass is 10.1. The number of hydrogen-bond acceptors (Lipinski definition) is 3. The third kappa shape index (κ3) is 2.07. The minimum atomic E-state index is 0.347. The van der Waals surface area contributed by atoms with Crippen LogP contribution in [0.1, 0.15) is 5.56 Å². The molecule has 1 aromatic carbocycles. The molecule has 0 amide bonds. The second kappa shape index (κ2) is 3.87. The fourth-order valence-electron chi connectivity index (χ4n) is 1.34. The van der Waals surface area contributed by atoms with Gasteiger partial charge in [-0.25, -0.2) is 0 Å². The van der Waals surface area contributed by atoms with E-state index in [2.05, 4.69) is 10.2 Å². The molecule has 2 N–H and O–H groups in total. The Balaban J connectivity index is 2.53. The van der Waals surface area contributed by atoms with Gasteiger partial charge in [0.2, 0.25) is 0 Å². The first-order chi connectivity index (χ1) is 7.16. The molecule has 0 aliphatic carbocycles. The first-order valence-electron chi connectivity index (χ1n) is 4.52. The summed E-state index contributed by atoms with van der Waals surface area (Å²) < 4.78 is 0. The van der Waals surface area contributed by atoms with Crippen molar-refractivity contribution in [2.75, 3.05) is 5.73 Å². The summed E-state index contributed by atoms with van der Waals surface area (Å²) in [5.41, 5.74) is 8.74. The van der Waals surface area contributed by atoms with Crippen LogP contribution in [0.4, 0.5) is 5.82 Å². The average molecular weight is 220 g/mol. The molecule has 1 heterocycles. The maximum atomic E-state index is 5.77. The minimum absolute atomic E-state index is 0.347. The van der Waals surface area contributed by atoms with Crippen molar-refractivity contribution in [3.05, 3.63) is 41.0 Å². The molecule has 2 aromatic rings. The molecule has 0 radical (unpaired) electrons. The van der Waals surface area contributed by atoms with Crippen molar-refractivity contribution in [3.63, 3.8) is 0 Å². The van der Waals surface area contributed by atoms with Crippen molar-refractivity contribution in [1.82, 2.24) is 10.2 Å². The molecule has 0 spiro atoms. The lowest BCUT2D eigenvalue weighted by Gasteiger charge is -2.04. The Hall–Kier alpha value is -1.61. The quantitative estimate of drug-likeness (QED) is 0.802. The number of nitrogens with zero attached hydrogens (tertiary/aromatic N) is 2. The van der Waals surface area contributed by atoms with E-state index < -0.39 is 0 Å². The highest BCUT2D eigenvalue weighted by atomic mass is 35.5. The highest BCUT2D eigenvalue weighted by Crippen LogP contribution is 2.25. The summed E-state index contributed by atoms with van der Waals surface area (Å²) in [6.07, 6.45) is 0. The Morgan fingerprint density at radius 1 is 1.13 bits per heavy atom.